The zero-order chi connectivity index (χ0) is 12.8. The Kier molecular flexibility index (Phi) is 4.60. The van der Waals surface area contributed by atoms with Crippen molar-refractivity contribution < 1.29 is 4.52 Å². The summed E-state index contributed by atoms with van der Waals surface area (Å²) in [6.45, 7) is 4.21. The average molecular weight is 244 g/mol. The Morgan fingerprint density at radius 1 is 1.50 bits per heavy atom. The minimum absolute atomic E-state index is 0.922. The molecule has 0 radical (unpaired) electrons. The van der Waals surface area contributed by atoms with Crippen LogP contribution < -0.4 is 0 Å². The van der Waals surface area contributed by atoms with Gasteiger partial charge in [0, 0.05) is 19.5 Å². The molecule has 0 aromatic carbocycles. The van der Waals surface area contributed by atoms with Gasteiger partial charge in [-0.2, -0.15) is 0 Å². The first-order valence-corrected chi connectivity index (χ1v) is 6.62. The van der Waals surface area contributed by atoms with Gasteiger partial charge in [-0.1, -0.05) is 36.4 Å². The molecular weight excluding hydrogens is 224 g/mol. The molecule has 2 heterocycles. The second kappa shape index (κ2) is 6.42. The molecule has 1 aromatic rings. The van der Waals surface area contributed by atoms with Gasteiger partial charge in [-0.15, -0.1) is 0 Å². The van der Waals surface area contributed by atoms with Gasteiger partial charge in [0.2, 0.25) is 0 Å². The van der Waals surface area contributed by atoms with Crippen molar-refractivity contribution in [3.8, 4) is 11.8 Å². The second-order valence-corrected chi connectivity index (χ2v) is 4.74. The predicted molar refractivity (Wildman–Crippen MR) is 73.0 cm³/mol. The van der Waals surface area contributed by atoms with Gasteiger partial charge in [-0.3, -0.25) is 0 Å². The Morgan fingerprint density at radius 3 is 3.17 bits per heavy atom. The molecule has 0 atom stereocenters. The number of unbranched alkanes of at least 4 members (excludes halogenated alkanes) is 2. The van der Waals surface area contributed by atoms with E-state index in [4.69, 9.17) is 4.52 Å². The monoisotopic (exact) mass is 244 g/mol. The number of hydrogen-bond acceptors (Lipinski definition) is 3. The van der Waals surface area contributed by atoms with Gasteiger partial charge in [-0.05, 0) is 25.5 Å². The van der Waals surface area contributed by atoms with E-state index < -0.39 is 0 Å². The highest BCUT2D eigenvalue weighted by Gasteiger charge is 2.16. The molecule has 0 saturated carbocycles. The van der Waals surface area contributed by atoms with Crippen molar-refractivity contribution in [3.05, 3.63) is 23.6 Å². The highest BCUT2D eigenvalue weighted by Crippen LogP contribution is 2.21. The van der Waals surface area contributed by atoms with Crippen molar-refractivity contribution in [1.82, 2.24) is 10.1 Å². The zero-order valence-corrected chi connectivity index (χ0v) is 11.2. The zero-order valence-electron chi connectivity index (χ0n) is 11.2. The lowest BCUT2D eigenvalue weighted by Crippen LogP contribution is -2.25. The normalized spacial score (nSPS) is 16.0. The average Bonchev–Trinajstić information content (AvgIpc) is 2.83. The topological polar surface area (TPSA) is 29.3 Å². The van der Waals surface area contributed by atoms with Crippen LogP contribution in [0.4, 0.5) is 0 Å². The predicted octanol–water partition coefficient (Wildman–Crippen LogP) is 2.94. The molecule has 0 saturated heterocycles. The quantitative estimate of drug-likeness (QED) is 0.604. The largest absolute Gasteiger partial charge is 0.363 e. The summed E-state index contributed by atoms with van der Waals surface area (Å²) in [6, 6.07) is 0. The molecule has 0 fully saturated rings. The first kappa shape index (κ1) is 12.9. The lowest BCUT2D eigenvalue weighted by atomic mass is 10.0. The SMILES string of the molecule is CCCCC#Cc1conc1C1=CCCN(C)C1. The molecule has 0 amide bonds. The third kappa shape index (κ3) is 3.24. The minimum atomic E-state index is 0.922. The number of rotatable bonds is 3. The summed E-state index contributed by atoms with van der Waals surface area (Å²) in [5, 5.41) is 4.10. The van der Waals surface area contributed by atoms with Crippen LogP contribution >= 0.6 is 0 Å². The van der Waals surface area contributed by atoms with Crippen LogP contribution in [0.25, 0.3) is 5.57 Å². The summed E-state index contributed by atoms with van der Waals surface area (Å²) in [4.78, 5) is 2.29. The van der Waals surface area contributed by atoms with Gasteiger partial charge in [-0.25, -0.2) is 0 Å². The Bertz CT molecular complexity index is 476. The van der Waals surface area contributed by atoms with Crippen molar-refractivity contribution in [2.75, 3.05) is 20.1 Å². The highest BCUT2D eigenvalue weighted by atomic mass is 16.5. The Labute approximate surface area is 109 Å². The van der Waals surface area contributed by atoms with E-state index in [1.165, 1.54) is 12.0 Å². The smallest absolute Gasteiger partial charge is 0.140 e. The van der Waals surface area contributed by atoms with Crippen LogP contribution in [0.2, 0.25) is 0 Å². The van der Waals surface area contributed by atoms with Crippen LogP contribution in [-0.2, 0) is 0 Å². The number of likely N-dealkylation sites (N-methyl/N-ethyl adjacent to an activating group) is 1. The maximum Gasteiger partial charge on any atom is 0.140 e. The van der Waals surface area contributed by atoms with Crippen molar-refractivity contribution >= 4 is 5.57 Å². The molecule has 0 aliphatic carbocycles. The van der Waals surface area contributed by atoms with Crippen molar-refractivity contribution in [3.63, 3.8) is 0 Å². The van der Waals surface area contributed by atoms with Crippen LogP contribution in [0, 0.1) is 11.8 Å². The van der Waals surface area contributed by atoms with E-state index in [-0.39, 0.29) is 0 Å². The molecule has 2 rings (SSSR count). The molecule has 18 heavy (non-hydrogen) atoms. The standard InChI is InChI=1S/C15H20N2O/c1-3-4-5-6-8-14-12-18-16-15(14)13-9-7-10-17(2)11-13/h9,12H,3-5,7,10-11H2,1-2H3. The lowest BCUT2D eigenvalue weighted by molar-refractivity contribution is 0.369. The van der Waals surface area contributed by atoms with E-state index in [0.717, 1.165) is 43.6 Å². The summed E-state index contributed by atoms with van der Waals surface area (Å²) in [6.07, 6.45) is 8.25. The maximum absolute atomic E-state index is 5.08. The molecule has 3 nitrogen and oxygen atoms in total. The lowest BCUT2D eigenvalue weighted by Gasteiger charge is -2.21. The molecule has 1 aliphatic heterocycles. The van der Waals surface area contributed by atoms with Crippen molar-refractivity contribution in [2.45, 2.75) is 32.6 Å². The summed E-state index contributed by atoms with van der Waals surface area (Å²) in [5.74, 6) is 6.36. The van der Waals surface area contributed by atoms with Gasteiger partial charge in [0.1, 0.15) is 12.0 Å². The highest BCUT2D eigenvalue weighted by molar-refractivity contribution is 5.69. The third-order valence-corrected chi connectivity index (χ3v) is 3.09. The molecule has 0 N–H and O–H groups in total. The summed E-state index contributed by atoms with van der Waals surface area (Å²) in [5.41, 5.74) is 3.08. The summed E-state index contributed by atoms with van der Waals surface area (Å²) in [7, 11) is 2.12. The van der Waals surface area contributed by atoms with E-state index in [0.29, 0.717) is 0 Å². The van der Waals surface area contributed by atoms with Crippen molar-refractivity contribution in [1.29, 1.82) is 0 Å². The Morgan fingerprint density at radius 2 is 2.39 bits per heavy atom. The summed E-state index contributed by atoms with van der Waals surface area (Å²) < 4.78 is 5.08. The maximum atomic E-state index is 5.08. The van der Waals surface area contributed by atoms with Gasteiger partial charge in [0.15, 0.2) is 0 Å². The fourth-order valence-corrected chi connectivity index (χ4v) is 2.05. The van der Waals surface area contributed by atoms with Crippen LogP contribution in [-0.4, -0.2) is 30.2 Å². The van der Waals surface area contributed by atoms with Crippen LogP contribution in [0.5, 0.6) is 0 Å². The van der Waals surface area contributed by atoms with Crippen molar-refractivity contribution in [2.24, 2.45) is 0 Å². The summed E-state index contributed by atoms with van der Waals surface area (Å²) >= 11 is 0. The van der Waals surface area contributed by atoms with E-state index in [1.807, 2.05) is 0 Å². The molecule has 96 valence electrons. The van der Waals surface area contributed by atoms with Gasteiger partial charge >= 0.3 is 0 Å². The van der Waals surface area contributed by atoms with E-state index >= 15 is 0 Å². The van der Waals surface area contributed by atoms with Gasteiger partial charge in [0.05, 0.1) is 5.56 Å². The van der Waals surface area contributed by atoms with Crippen LogP contribution in [0.15, 0.2) is 16.9 Å². The van der Waals surface area contributed by atoms with Gasteiger partial charge < -0.3 is 9.42 Å². The molecule has 1 aliphatic rings. The number of nitrogens with zero attached hydrogens (tertiary/aromatic N) is 2. The van der Waals surface area contributed by atoms with Crippen LogP contribution in [0.3, 0.4) is 0 Å². The number of hydrogen-bond donors (Lipinski definition) is 0. The van der Waals surface area contributed by atoms with E-state index in [1.54, 1.807) is 6.26 Å². The first-order valence-electron chi connectivity index (χ1n) is 6.62. The van der Waals surface area contributed by atoms with E-state index in [9.17, 15) is 0 Å². The minimum Gasteiger partial charge on any atom is -0.363 e. The molecule has 0 bridgehead atoms. The molecule has 3 heteroatoms. The van der Waals surface area contributed by atoms with E-state index in [2.05, 4.69) is 41.9 Å². The molecular formula is C15H20N2O. The van der Waals surface area contributed by atoms with Crippen LogP contribution in [0.1, 0.15) is 43.9 Å². The molecule has 0 unspecified atom stereocenters. The second-order valence-electron chi connectivity index (χ2n) is 4.74. The molecule has 1 aromatic heterocycles. The Hall–Kier alpha value is -1.53. The molecule has 0 spiro atoms. The number of aromatic nitrogens is 1. The van der Waals surface area contributed by atoms with Gasteiger partial charge in [0.25, 0.3) is 0 Å². The fourth-order valence-electron chi connectivity index (χ4n) is 2.05. The fraction of sp³-hybridized carbons (Fsp3) is 0.533. The first-order chi connectivity index (χ1) is 8.81. The Balaban J connectivity index is 2.11. The third-order valence-electron chi connectivity index (χ3n) is 3.09.